The molecule has 4 heteroatoms. The Morgan fingerprint density at radius 1 is 1.50 bits per heavy atom. The Morgan fingerprint density at radius 2 is 2.12 bits per heavy atom. The molecular weight excluding hydrogens is 126 g/mol. The van der Waals surface area contributed by atoms with Crippen molar-refractivity contribution >= 4 is 10.6 Å². The van der Waals surface area contributed by atoms with Crippen LogP contribution in [0.3, 0.4) is 0 Å². The van der Waals surface area contributed by atoms with Gasteiger partial charge in [0.15, 0.2) is 0 Å². The Morgan fingerprint density at radius 3 is 2.25 bits per heavy atom. The van der Waals surface area contributed by atoms with E-state index in [1.807, 2.05) is 0 Å². The molecule has 50 valence electrons. The average molecular weight is 135 g/mol. The lowest BCUT2D eigenvalue weighted by Crippen LogP contribution is -2.19. The second kappa shape index (κ2) is 1.88. The highest BCUT2D eigenvalue weighted by Gasteiger charge is 2.12. The summed E-state index contributed by atoms with van der Waals surface area (Å²) in [7, 11) is -2.72. The molecule has 0 amide bonds. The predicted octanol–water partition coefficient (Wildman–Crippen LogP) is -0.217. The van der Waals surface area contributed by atoms with E-state index in [0.717, 1.165) is 0 Å². The van der Waals surface area contributed by atoms with Gasteiger partial charge in [-0.25, -0.2) is 0 Å². The van der Waals surface area contributed by atoms with Crippen LogP contribution in [0.4, 0.5) is 0 Å². The molecule has 0 aliphatic carbocycles. The van der Waals surface area contributed by atoms with Crippen LogP contribution in [-0.4, -0.2) is 26.7 Å². The van der Waals surface area contributed by atoms with Crippen molar-refractivity contribution < 1.29 is 9.11 Å². The van der Waals surface area contributed by atoms with E-state index in [4.69, 9.17) is 5.73 Å². The zero-order valence-electron chi connectivity index (χ0n) is 4.50. The minimum Gasteiger partial charge on any atom is -0.800 e. The molecule has 1 aliphatic rings. The van der Waals surface area contributed by atoms with E-state index >= 15 is 0 Å². The molecule has 2 N–H and O–H groups in total. The first-order valence-electron chi connectivity index (χ1n) is 2.56. The maximum Gasteiger partial charge on any atom is 0.0168 e. The Labute approximate surface area is 50.2 Å². The number of rotatable bonds is 0. The van der Waals surface area contributed by atoms with Crippen molar-refractivity contribution in [2.75, 3.05) is 11.5 Å². The second-order valence-electron chi connectivity index (χ2n) is 2.16. The molecular formula is C4H9NO2S-2. The largest absolute Gasteiger partial charge is 0.800 e. The van der Waals surface area contributed by atoms with E-state index in [2.05, 4.69) is 0 Å². The van der Waals surface area contributed by atoms with Gasteiger partial charge < -0.3 is 25.4 Å². The summed E-state index contributed by atoms with van der Waals surface area (Å²) in [4.78, 5) is 0. The van der Waals surface area contributed by atoms with Crippen LogP contribution in [0.1, 0.15) is 6.42 Å². The maximum atomic E-state index is 10.6. The molecule has 0 aromatic heterocycles. The molecule has 1 saturated heterocycles. The first kappa shape index (κ1) is 6.35. The molecule has 0 radical (unpaired) electrons. The lowest BCUT2D eigenvalue weighted by atomic mass is 10.3. The van der Waals surface area contributed by atoms with Gasteiger partial charge in [-0.05, 0) is 17.9 Å². The quantitative estimate of drug-likeness (QED) is 0.499. The third-order valence-electron chi connectivity index (χ3n) is 1.27. The van der Waals surface area contributed by atoms with Gasteiger partial charge in [0.2, 0.25) is 0 Å². The normalized spacial score (nSPS) is 39.6. The average Bonchev–Trinajstić information content (AvgIpc) is 1.82. The topological polar surface area (TPSA) is 72.1 Å². The highest BCUT2D eigenvalue weighted by Crippen LogP contribution is 2.44. The minimum atomic E-state index is -2.72. The third kappa shape index (κ3) is 1.35. The smallest absolute Gasteiger partial charge is 0.0168 e. The van der Waals surface area contributed by atoms with Crippen LogP contribution in [-0.2, 0) is 0 Å². The van der Waals surface area contributed by atoms with Crippen molar-refractivity contribution in [2.24, 2.45) is 5.73 Å². The van der Waals surface area contributed by atoms with Crippen molar-refractivity contribution in [3.05, 3.63) is 0 Å². The third-order valence-corrected chi connectivity index (χ3v) is 3.06. The van der Waals surface area contributed by atoms with Crippen LogP contribution in [0.15, 0.2) is 0 Å². The number of sulfone groups is 1. The van der Waals surface area contributed by atoms with Gasteiger partial charge in [-0.15, -0.1) is 0 Å². The van der Waals surface area contributed by atoms with Crippen LogP contribution < -0.4 is 5.73 Å². The molecule has 1 fully saturated rings. The zero-order valence-corrected chi connectivity index (χ0v) is 5.32. The standard InChI is InChI=1S/C4H11NO2S/c5-4-1-2-8(6,7)3-4/h4,6-7H,1-3,5H2/p-2. The monoisotopic (exact) mass is 135 g/mol. The van der Waals surface area contributed by atoms with Crippen molar-refractivity contribution in [3.63, 3.8) is 0 Å². The Hall–Kier alpha value is 0.230. The van der Waals surface area contributed by atoms with Gasteiger partial charge in [-0.1, -0.05) is 0 Å². The summed E-state index contributed by atoms with van der Waals surface area (Å²) in [6.45, 7) is 0. The van der Waals surface area contributed by atoms with Gasteiger partial charge in [0.25, 0.3) is 0 Å². The van der Waals surface area contributed by atoms with E-state index in [1.165, 1.54) is 0 Å². The highest BCUT2D eigenvalue weighted by molar-refractivity contribution is 8.24. The van der Waals surface area contributed by atoms with Crippen LogP contribution >= 0.6 is 10.6 Å². The molecule has 1 unspecified atom stereocenters. The van der Waals surface area contributed by atoms with E-state index in [-0.39, 0.29) is 17.5 Å². The van der Waals surface area contributed by atoms with Crippen molar-refractivity contribution in [1.29, 1.82) is 0 Å². The SMILES string of the molecule is NC1CCS([O-])([O-])C1. The molecule has 8 heavy (non-hydrogen) atoms. The van der Waals surface area contributed by atoms with E-state index in [9.17, 15) is 9.11 Å². The molecule has 0 saturated carbocycles. The first-order chi connectivity index (χ1) is 3.60. The summed E-state index contributed by atoms with van der Waals surface area (Å²) in [5.74, 6) is 0.473. The number of nitrogens with two attached hydrogens (primary N) is 1. The van der Waals surface area contributed by atoms with Gasteiger partial charge >= 0.3 is 0 Å². The molecule has 0 spiro atoms. The fourth-order valence-electron chi connectivity index (χ4n) is 0.824. The fourth-order valence-corrected chi connectivity index (χ4v) is 2.47. The molecule has 0 bridgehead atoms. The number of hydrogen-bond acceptors (Lipinski definition) is 3. The van der Waals surface area contributed by atoms with E-state index < -0.39 is 10.6 Å². The molecule has 1 aliphatic heterocycles. The Bertz CT molecular complexity index is 96.0. The molecule has 0 aromatic rings. The van der Waals surface area contributed by atoms with E-state index in [0.29, 0.717) is 6.42 Å². The molecule has 3 nitrogen and oxygen atoms in total. The Kier molecular flexibility index (Phi) is 1.49. The van der Waals surface area contributed by atoms with E-state index in [1.54, 1.807) is 0 Å². The van der Waals surface area contributed by atoms with Gasteiger partial charge in [0, 0.05) is 6.04 Å². The van der Waals surface area contributed by atoms with Gasteiger partial charge in [-0.3, -0.25) is 0 Å². The summed E-state index contributed by atoms with van der Waals surface area (Å²) in [5, 5.41) is 0. The summed E-state index contributed by atoms with van der Waals surface area (Å²) < 4.78 is 21.1. The van der Waals surface area contributed by atoms with Gasteiger partial charge in [0.1, 0.15) is 0 Å². The van der Waals surface area contributed by atoms with Crippen LogP contribution in [0.2, 0.25) is 0 Å². The zero-order chi connectivity index (χ0) is 6.20. The second-order valence-corrected chi connectivity index (χ2v) is 4.39. The van der Waals surface area contributed by atoms with Crippen LogP contribution in [0.25, 0.3) is 0 Å². The van der Waals surface area contributed by atoms with Gasteiger partial charge in [-0.2, -0.15) is 0 Å². The molecule has 0 aromatic carbocycles. The summed E-state index contributed by atoms with van der Waals surface area (Å²) in [6.07, 6.45) is 0.641. The molecule has 1 heterocycles. The highest BCUT2D eigenvalue weighted by atomic mass is 32.3. The summed E-state index contributed by atoms with van der Waals surface area (Å²) in [5.41, 5.74) is 5.33. The minimum absolute atomic E-state index is 0.0972. The molecule has 1 atom stereocenters. The van der Waals surface area contributed by atoms with Crippen molar-refractivity contribution in [1.82, 2.24) is 0 Å². The maximum absolute atomic E-state index is 10.6. The number of hydrogen-bond donors (Lipinski definition) is 1. The first-order valence-corrected chi connectivity index (χ1v) is 4.38. The lowest BCUT2D eigenvalue weighted by Gasteiger charge is -2.56. The van der Waals surface area contributed by atoms with Crippen LogP contribution in [0.5, 0.6) is 0 Å². The summed E-state index contributed by atoms with van der Waals surface area (Å²) >= 11 is 0. The lowest BCUT2D eigenvalue weighted by molar-refractivity contribution is 0.452. The Balaban J connectivity index is 2.44. The fraction of sp³-hybridized carbons (Fsp3) is 1.00. The van der Waals surface area contributed by atoms with Crippen molar-refractivity contribution in [3.8, 4) is 0 Å². The summed E-state index contributed by atoms with van der Waals surface area (Å²) in [6, 6.07) is -0.0972. The van der Waals surface area contributed by atoms with Crippen molar-refractivity contribution in [2.45, 2.75) is 12.5 Å². The predicted molar refractivity (Wildman–Crippen MR) is 31.5 cm³/mol. The van der Waals surface area contributed by atoms with Crippen LogP contribution in [0, 0.1) is 0 Å². The van der Waals surface area contributed by atoms with Gasteiger partial charge in [0.05, 0.1) is 0 Å². The molecule has 1 rings (SSSR count).